The zero-order chi connectivity index (χ0) is 28.4. The van der Waals surface area contributed by atoms with Gasteiger partial charge in [-0.2, -0.15) is 0 Å². The highest BCUT2D eigenvalue weighted by atomic mass is 16.7. The van der Waals surface area contributed by atoms with Crippen molar-refractivity contribution in [2.45, 2.75) is 134 Å². The molecule has 11 heteroatoms. The van der Waals surface area contributed by atoms with E-state index in [1.807, 2.05) is 0 Å². The Morgan fingerprint density at radius 1 is 0.605 bits per heavy atom. The molecule has 2 rings (SSSR count). The molecule has 0 saturated carbocycles. The van der Waals surface area contributed by atoms with E-state index >= 15 is 0 Å². The minimum absolute atomic E-state index is 0.302. The highest BCUT2D eigenvalue weighted by molar-refractivity contribution is 4.94. The average Bonchev–Trinajstić information content (AvgIpc) is 2.87. The van der Waals surface area contributed by atoms with Gasteiger partial charge in [0.05, 0.1) is 19.8 Å². The zero-order valence-electron chi connectivity index (χ0n) is 23.3. The average molecular weight is 553 g/mol. The maximum Gasteiger partial charge on any atom is 0.187 e. The van der Waals surface area contributed by atoms with Gasteiger partial charge in [0.1, 0.15) is 48.8 Å². The topological polar surface area (TPSA) is 179 Å². The third kappa shape index (κ3) is 9.88. The summed E-state index contributed by atoms with van der Waals surface area (Å²) in [6, 6.07) is 0. The lowest BCUT2D eigenvalue weighted by atomic mass is 9.93. The molecule has 0 aromatic heterocycles. The molecular weight excluding hydrogens is 500 g/mol. The van der Waals surface area contributed by atoms with Gasteiger partial charge < -0.3 is 54.7 Å². The highest BCUT2D eigenvalue weighted by Crippen LogP contribution is 2.30. The van der Waals surface area contributed by atoms with E-state index in [9.17, 15) is 35.7 Å². The molecule has 6 unspecified atom stereocenters. The third-order valence-corrected chi connectivity index (χ3v) is 7.73. The summed E-state index contributed by atoms with van der Waals surface area (Å²) >= 11 is 0. The van der Waals surface area contributed by atoms with E-state index in [1.54, 1.807) is 0 Å². The molecule has 226 valence electrons. The number of hydrogen-bond acceptors (Lipinski definition) is 11. The van der Waals surface area contributed by atoms with Gasteiger partial charge in [-0.05, 0) is 24.2 Å². The Morgan fingerprint density at radius 3 is 1.71 bits per heavy atom. The summed E-state index contributed by atoms with van der Waals surface area (Å²) < 4.78 is 22.2. The van der Waals surface area contributed by atoms with E-state index in [0.717, 1.165) is 31.1 Å². The molecule has 2 fully saturated rings. The molecule has 0 aromatic carbocycles. The van der Waals surface area contributed by atoms with E-state index in [4.69, 9.17) is 18.9 Å². The van der Waals surface area contributed by atoms with Crippen molar-refractivity contribution in [2.75, 3.05) is 19.8 Å². The Morgan fingerprint density at radius 2 is 1.13 bits per heavy atom. The van der Waals surface area contributed by atoms with Crippen molar-refractivity contribution in [1.29, 1.82) is 0 Å². The molecule has 2 aliphatic heterocycles. The zero-order valence-corrected chi connectivity index (χ0v) is 23.3. The number of aliphatic hydroxyl groups is 7. The molecule has 7 N–H and O–H groups in total. The van der Waals surface area contributed by atoms with Crippen LogP contribution in [0.2, 0.25) is 0 Å². The van der Waals surface area contributed by atoms with Gasteiger partial charge in [0.25, 0.3) is 0 Å². The second kappa shape index (κ2) is 16.7. The fraction of sp³-hybridized carbons (Fsp3) is 1.00. The van der Waals surface area contributed by atoms with Gasteiger partial charge in [-0.1, -0.05) is 66.2 Å². The van der Waals surface area contributed by atoms with Crippen LogP contribution in [0.3, 0.4) is 0 Å². The van der Waals surface area contributed by atoms with Crippen LogP contribution in [-0.4, -0.2) is 117 Å². The van der Waals surface area contributed by atoms with Crippen molar-refractivity contribution in [3.05, 3.63) is 0 Å². The fourth-order valence-electron chi connectivity index (χ4n) is 5.06. The summed E-state index contributed by atoms with van der Waals surface area (Å²) in [5.74, 6) is 1.89. The maximum absolute atomic E-state index is 10.7. The number of rotatable bonds is 16. The van der Waals surface area contributed by atoms with Crippen LogP contribution in [0.25, 0.3) is 0 Å². The molecular formula is C27H52O11. The second-order valence-corrected chi connectivity index (χ2v) is 11.6. The van der Waals surface area contributed by atoms with Crippen molar-refractivity contribution in [3.63, 3.8) is 0 Å². The Hall–Kier alpha value is -0.440. The molecule has 0 bridgehead atoms. The van der Waals surface area contributed by atoms with E-state index < -0.39 is 74.6 Å². The molecule has 2 saturated heterocycles. The molecule has 0 aromatic rings. The Labute approximate surface area is 226 Å². The van der Waals surface area contributed by atoms with Gasteiger partial charge in [-0.3, -0.25) is 0 Å². The Bertz CT molecular complexity index is 634. The molecule has 0 aliphatic carbocycles. The van der Waals surface area contributed by atoms with Crippen LogP contribution in [-0.2, 0) is 18.9 Å². The van der Waals surface area contributed by atoms with Gasteiger partial charge in [0.2, 0.25) is 0 Å². The predicted molar refractivity (Wildman–Crippen MR) is 138 cm³/mol. The SMILES string of the molecule is CC(C)CCCC(C)CCCC(C)CCO[C@@H]1OC(CO)[C@@H](O[C@@H]2OC(CO)[C@@H](O)[C@H](O)C2O)[C@H](O)C1O. The first kappa shape index (κ1) is 33.8. The van der Waals surface area contributed by atoms with Gasteiger partial charge in [-0.15, -0.1) is 0 Å². The monoisotopic (exact) mass is 552 g/mol. The van der Waals surface area contributed by atoms with Crippen LogP contribution in [0, 0.1) is 17.8 Å². The van der Waals surface area contributed by atoms with Crippen molar-refractivity contribution in [2.24, 2.45) is 17.8 Å². The van der Waals surface area contributed by atoms with Crippen LogP contribution in [0.4, 0.5) is 0 Å². The molecule has 0 amide bonds. The van der Waals surface area contributed by atoms with E-state index in [1.165, 1.54) is 25.7 Å². The van der Waals surface area contributed by atoms with Crippen molar-refractivity contribution in [3.8, 4) is 0 Å². The second-order valence-electron chi connectivity index (χ2n) is 11.6. The lowest BCUT2D eigenvalue weighted by molar-refractivity contribution is -0.359. The molecule has 12 atom stereocenters. The number of aliphatic hydroxyl groups excluding tert-OH is 7. The quantitative estimate of drug-likeness (QED) is 0.140. The summed E-state index contributed by atoms with van der Waals surface area (Å²) in [5.41, 5.74) is 0. The molecule has 38 heavy (non-hydrogen) atoms. The van der Waals surface area contributed by atoms with Gasteiger partial charge in [0.15, 0.2) is 12.6 Å². The lowest BCUT2D eigenvalue weighted by Crippen LogP contribution is -2.64. The normalized spacial score (nSPS) is 37.9. The molecule has 0 radical (unpaired) electrons. The minimum atomic E-state index is -1.70. The highest BCUT2D eigenvalue weighted by Gasteiger charge is 2.50. The minimum Gasteiger partial charge on any atom is -0.394 e. The van der Waals surface area contributed by atoms with E-state index in [-0.39, 0.29) is 0 Å². The van der Waals surface area contributed by atoms with Crippen LogP contribution in [0.15, 0.2) is 0 Å². The van der Waals surface area contributed by atoms with Gasteiger partial charge >= 0.3 is 0 Å². The standard InChI is InChI=1S/C27H52O11/c1-15(2)7-5-8-16(3)9-6-10-17(4)11-12-35-26-24(34)22(32)25(19(14-29)37-26)38-27-23(33)21(31)20(30)18(13-28)36-27/h15-34H,5-14H2,1-4H3/t16?,17?,18?,19?,20-,21+,22-,23?,24?,25-,26-,27+/m1/s1. The summed E-state index contributed by atoms with van der Waals surface area (Å²) in [4.78, 5) is 0. The van der Waals surface area contributed by atoms with Crippen molar-refractivity contribution in [1.82, 2.24) is 0 Å². The maximum atomic E-state index is 10.7. The van der Waals surface area contributed by atoms with Crippen LogP contribution >= 0.6 is 0 Å². The Kier molecular flexibility index (Phi) is 14.9. The predicted octanol–water partition coefficient (Wildman–Crippen LogP) is 0.286. The van der Waals surface area contributed by atoms with Crippen molar-refractivity contribution < 1.29 is 54.7 Å². The fourth-order valence-corrected chi connectivity index (χ4v) is 5.06. The molecule has 2 heterocycles. The van der Waals surface area contributed by atoms with E-state index in [2.05, 4.69) is 27.7 Å². The summed E-state index contributed by atoms with van der Waals surface area (Å²) in [6.07, 6.45) is -6.42. The van der Waals surface area contributed by atoms with Crippen LogP contribution in [0.5, 0.6) is 0 Å². The first-order valence-electron chi connectivity index (χ1n) is 14.2. The van der Waals surface area contributed by atoms with Gasteiger partial charge in [-0.25, -0.2) is 0 Å². The van der Waals surface area contributed by atoms with E-state index in [0.29, 0.717) is 12.5 Å². The first-order chi connectivity index (χ1) is 18.0. The third-order valence-electron chi connectivity index (χ3n) is 7.73. The van der Waals surface area contributed by atoms with Crippen LogP contribution < -0.4 is 0 Å². The molecule has 0 spiro atoms. The number of hydrogen-bond donors (Lipinski definition) is 7. The molecule has 2 aliphatic rings. The van der Waals surface area contributed by atoms with Crippen LogP contribution in [0.1, 0.15) is 72.6 Å². The largest absolute Gasteiger partial charge is 0.394 e. The van der Waals surface area contributed by atoms with Crippen molar-refractivity contribution >= 4 is 0 Å². The summed E-state index contributed by atoms with van der Waals surface area (Å²) in [7, 11) is 0. The number of ether oxygens (including phenoxy) is 4. The lowest BCUT2D eigenvalue weighted by Gasteiger charge is -2.46. The Balaban J connectivity index is 1.78. The summed E-state index contributed by atoms with van der Waals surface area (Å²) in [5, 5.41) is 70.6. The first-order valence-corrected chi connectivity index (χ1v) is 14.2. The van der Waals surface area contributed by atoms with Gasteiger partial charge in [0, 0.05) is 0 Å². The smallest absolute Gasteiger partial charge is 0.187 e. The summed E-state index contributed by atoms with van der Waals surface area (Å²) in [6.45, 7) is 8.05. The molecule has 11 nitrogen and oxygen atoms in total.